The van der Waals surface area contributed by atoms with Crippen molar-refractivity contribution >= 4 is 34.7 Å². The van der Waals surface area contributed by atoms with Gasteiger partial charge in [-0.3, -0.25) is 9.59 Å². The van der Waals surface area contributed by atoms with E-state index in [1.807, 2.05) is 29.2 Å². The molecule has 4 rings (SSSR count). The van der Waals surface area contributed by atoms with Gasteiger partial charge in [0.05, 0.1) is 11.3 Å². The number of piperazine rings is 1. The van der Waals surface area contributed by atoms with E-state index in [2.05, 4.69) is 20.5 Å². The first kappa shape index (κ1) is 23.0. The fourth-order valence-corrected chi connectivity index (χ4v) is 3.88. The molecular weight excluding hydrogens is 435 g/mol. The summed E-state index contributed by atoms with van der Waals surface area (Å²) in [5, 5.41) is 6.31. The number of rotatable bonds is 7. The lowest BCUT2D eigenvalue weighted by Gasteiger charge is -2.35. The van der Waals surface area contributed by atoms with Crippen molar-refractivity contribution < 1.29 is 14.0 Å². The van der Waals surface area contributed by atoms with Crippen LogP contribution in [0.25, 0.3) is 0 Å². The van der Waals surface area contributed by atoms with Gasteiger partial charge in [0.2, 0.25) is 5.91 Å². The molecule has 0 bridgehead atoms. The van der Waals surface area contributed by atoms with Crippen molar-refractivity contribution in [2.75, 3.05) is 41.7 Å². The van der Waals surface area contributed by atoms with Gasteiger partial charge in [0.1, 0.15) is 11.6 Å². The Balaban J connectivity index is 1.44. The van der Waals surface area contributed by atoms with E-state index in [1.54, 1.807) is 31.2 Å². The quantitative estimate of drug-likeness (QED) is 0.498. The van der Waals surface area contributed by atoms with Crippen LogP contribution in [-0.4, -0.2) is 47.9 Å². The topological polar surface area (TPSA) is 104 Å². The number of hydrogen-bond donors (Lipinski definition) is 3. The maximum absolute atomic E-state index is 14.0. The first-order valence-corrected chi connectivity index (χ1v) is 11.1. The molecule has 34 heavy (non-hydrogen) atoms. The molecule has 9 heteroatoms. The third-order valence-electron chi connectivity index (χ3n) is 5.83. The Hall–Kier alpha value is -4.14. The molecule has 1 aliphatic heterocycles. The highest BCUT2D eigenvalue weighted by atomic mass is 19.1. The van der Waals surface area contributed by atoms with Crippen molar-refractivity contribution in [2.45, 2.75) is 13.5 Å². The van der Waals surface area contributed by atoms with Crippen LogP contribution in [0.3, 0.4) is 0 Å². The summed E-state index contributed by atoms with van der Waals surface area (Å²) < 4.78 is 14.0. The number of benzene rings is 2. The van der Waals surface area contributed by atoms with Crippen molar-refractivity contribution in [3.05, 3.63) is 77.7 Å². The van der Waals surface area contributed by atoms with Crippen molar-refractivity contribution in [1.29, 1.82) is 0 Å². The molecule has 3 aromatic rings. The maximum atomic E-state index is 14.0. The smallest absolute Gasteiger partial charge is 0.252 e. The summed E-state index contributed by atoms with van der Waals surface area (Å²) >= 11 is 0. The molecule has 0 saturated carbocycles. The van der Waals surface area contributed by atoms with Crippen LogP contribution in [0.1, 0.15) is 22.8 Å². The van der Waals surface area contributed by atoms with Crippen molar-refractivity contribution in [2.24, 2.45) is 5.73 Å². The van der Waals surface area contributed by atoms with E-state index in [0.717, 1.165) is 24.5 Å². The van der Waals surface area contributed by atoms with Crippen LogP contribution in [-0.2, 0) is 11.3 Å². The van der Waals surface area contributed by atoms with E-state index in [4.69, 9.17) is 5.73 Å². The van der Waals surface area contributed by atoms with E-state index < -0.39 is 5.91 Å². The molecule has 1 saturated heterocycles. The number of pyridine rings is 1. The first-order chi connectivity index (χ1) is 16.4. The average molecular weight is 463 g/mol. The predicted molar refractivity (Wildman–Crippen MR) is 131 cm³/mol. The summed E-state index contributed by atoms with van der Waals surface area (Å²) in [5.74, 6) is -0.323. The zero-order valence-corrected chi connectivity index (χ0v) is 18.9. The number of primary amides is 1. The van der Waals surface area contributed by atoms with Gasteiger partial charge in [-0.15, -0.1) is 0 Å². The number of nitrogens with zero attached hydrogens (tertiary/aromatic N) is 3. The normalized spacial score (nSPS) is 13.5. The number of hydrogen-bond acceptors (Lipinski definition) is 6. The highest BCUT2D eigenvalue weighted by molar-refractivity contribution is 5.98. The molecule has 0 aliphatic carbocycles. The third-order valence-corrected chi connectivity index (χ3v) is 5.83. The van der Waals surface area contributed by atoms with Crippen LogP contribution >= 0.6 is 0 Å². The molecule has 0 spiro atoms. The Labute approximate surface area is 197 Å². The van der Waals surface area contributed by atoms with Crippen LogP contribution in [0.4, 0.5) is 27.3 Å². The highest BCUT2D eigenvalue weighted by Crippen LogP contribution is 2.25. The predicted octanol–water partition coefficient (Wildman–Crippen LogP) is 3.34. The summed E-state index contributed by atoms with van der Waals surface area (Å²) in [6, 6.07) is 16.0. The minimum atomic E-state index is -0.621. The lowest BCUT2D eigenvalue weighted by atomic mass is 10.1. The molecule has 8 nitrogen and oxygen atoms in total. The molecule has 176 valence electrons. The molecule has 1 aromatic heterocycles. The van der Waals surface area contributed by atoms with Gasteiger partial charge in [-0.2, -0.15) is 0 Å². The molecular formula is C25H27FN6O2. The zero-order valence-electron chi connectivity index (χ0n) is 18.9. The van der Waals surface area contributed by atoms with E-state index in [1.165, 1.54) is 12.3 Å². The fraction of sp³-hybridized carbons (Fsp3) is 0.240. The van der Waals surface area contributed by atoms with Gasteiger partial charge in [0.25, 0.3) is 5.91 Å². The second-order valence-corrected chi connectivity index (χ2v) is 8.09. The lowest BCUT2D eigenvalue weighted by molar-refractivity contribution is -0.129. The Morgan fingerprint density at radius 3 is 2.41 bits per heavy atom. The molecule has 0 radical (unpaired) electrons. The van der Waals surface area contributed by atoms with Crippen molar-refractivity contribution in [3.63, 3.8) is 0 Å². The number of aromatic nitrogens is 1. The minimum Gasteiger partial charge on any atom is -0.380 e. The number of carbonyl (C=O) groups excluding carboxylic acids is 2. The van der Waals surface area contributed by atoms with E-state index in [0.29, 0.717) is 30.2 Å². The first-order valence-electron chi connectivity index (χ1n) is 11.1. The van der Waals surface area contributed by atoms with Gasteiger partial charge in [-0.25, -0.2) is 9.37 Å². The Bertz CT molecular complexity index is 1180. The molecule has 2 aromatic carbocycles. The summed E-state index contributed by atoms with van der Waals surface area (Å²) in [4.78, 5) is 31.7. The Kier molecular flexibility index (Phi) is 6.91. The summed E-state index contributed by atoms with van der Waals surface area (Å²) in [6.07, 6.45) is 1.40. The van der Waals surface area contributed by atoms with Gasteiger partial charge in [-0.1, -0.05) is 18.2 Å². The molecule has 1 fully saturated rings. The van der Waals surface area contributed by atoms with Crippen LogP contribution in [0.2, 0.25) is 0 Å². The van der Waals surface area contributed by atoms with E-state index in [9.17, 15) is 14.0 Å². The van der Waals surface area contributed by atoms with Crippen molar-refractivity contribution in [1.82, 2.24) is 9.88 Å². The molecule has 4 N–H and O–H groups in total. The summed E-state index contributed by atoms with van der Waals surface area (Å²) in [6.45, 7) is 4.81. The van der Waals surface area contributed by atoms with Gasteiger partial charge in [0, 0.05) is 68.8 Å². The number of nitrogens with one attached hydrogen (secondary N) is 2. The van der Waals surface area contributed by atoms with Gasteiger partial charge >= 0.3 is 0 Å². The second kappa shape index (κ2) is 10.2. The molecule has 1 aliphatic rings. The average Bonchev–Trinajstić information content (AvgIpc) is 2.84. The number of amides is 2. The van der Waals surface area contributed by atoms with Gasteiger partial charge in [-0.05, 0) is 30.3 Å². The van der Waals surface area contributed by atoms with Gasteiger partial charge in [0.15, 0.2) is 0 Å². The molecule has 2 heterocycles. The maximum Gasteiger partial charge on any atom is 0.252 e. The fourth-order valence-electron chi connectivity index (χ4n) is 3.88. The summed E-state index contributed by atoms with van der Waals surface area (Å²) in [7, 11) is 0. The standard InChI is InChI=1S/C25H27FN6O2/c1-17(33)31-10-12-32(13-11-31)20-8-6-19(7-9-20)30-24-14-23(21(16-29-24)25(27)34)28-15-18-4-2-3-5-22(18)26/h2-9,14,16H,10-13,15H2,1H3,(H2,27,34)(H2,28,29,30). The Morgan fingerprint density at radius 1 is 1.06 bits per heavy atom. The second-order valence-electron chi connectivity index (χ2n) is 8.09. The monoisotopic (exact) mass is 462 g/mol. The minimum absolute atomic E-state index is 0.108. The van der Waals surface area contributed by atoms with Crippen LogP contribution in [0.5, 0.6) is 0 Å². The van der Waals surface area contributed by atoms with Crippen LogP contribution in [0.15, 0.2) is 60.8 Å². The lowest BCUT2D eigenvalue weighted by Crippen LogP contribution is -2.48. The van der Waals surface area contributed by atoms with Crippen LogP contribution in [0, 0.1) is 5.82 Å². The molecule has 0 atom stereocenters. The Morgan fingerprint density at radius 2 is 1.76 bits per heavy atom. The van der Waals surface area contributed by atoms with Crippen molar-refractivity contribution in [3.8, 4) is 0 Å². The van der Waals surface area contributed by atoms with Gasteiger partial charge < -0.3 is 26.2 Å². The van der Waals surface area contributed by atoms with E-state index >= 15 is 0 Å². The summed E-state index contributed by atoms with van der Waals surface area (Å²) in [5.41, 5.74) is 8.56. The van der Waals surface area contributed by atoms with E-state index in [-0.39, 0.29) is 23.8 Å². The number of anilines is 4. The largest absolute Gasteiger partial charge is 0.380 e. The zero-order chi connectivity index (χ0) is 24.1. The SMILES string of the molecule is CC(=O)N1CCN(c2ccc(Nc3cc(NCc4ccccc4F)c(C(N)=O)cn3)cc2)CC1. The number of halogens is 1. The third kappa shape index (κ3) is 5.43. The molecule has 2 amide bonds. The molecule has 0 unspecified atom stereocenters. The number of nitrogens with two attached hydrogens (primary N) is 1. The van der Waals surface area contributed by atoms with Crippen LogP contribution < -0.4 is 21.3 Å². The number of carbonyl (C=O) groups is 2. The highest BCUT2D eigenvalue weighted by Gasteiger charge is 2.18.